The Morgan fingerprint density at radius 3 is 2.00 bits per heavy atom. The third-order valence-electron chi connectivity index (χ3n) is 2.21. The molecule has 1 heteroatoms. The van der Waals surface area contributed by atoms with E-state index < -0.39 is 5.60 Å². The molecule has 0 radical (unpaired) electrons. The molecule has 0 saturated heterocycles. The second kappa shape index (κ2) is 6.09. The van der Waals surface area contributed by atoms with Gasteiger partial charge in [-0.3, -0.25) is 0 Å². The number of hydrogen-bond donors (Lipinski definition) is 1. The van der Waals surface area contributed by atoms with Crippen LogP contribution in [0.3, 0.4) is 0 Å². The van der Waals surface area contributed by atoms with Gasteiger partial charge in [-0.15, -0.1) is 0 Å². The summed E-state index contributed by atoms with van der Waals surface area (Å²) in [6.45, 7) is 3.79. The van der Waals surface area contributed by atoms with Crippen LogP contribution < -0.4 is 0 Å². The Balaban J connectivity index is 2.88. The van der Waals surface area contributed by atoms with Crippen molar-refractivity contribution in [3.05, 3.63) is 66.3 Å². The van der Waals surface area contributed by atoms with Gasteiger partial charge in [0.2, 0.25) is 0 Å². The van der Waals surface area contributed by atoms with E-state index in [1.807, 2.05) is 62.4 Å². The maximum atomic E-state index is 10.2. The Bertz CT molecular complexity index is 373. The molecule has 0 aliphatic heterocycles. The van der Waals surface area contributed by atoms with E-state index in [0.29, 0.717) is 0 Å². The molecule has 1 aromatic rings. The maximum Gasteiger partial charge on any atom is 0.120 e. The summed E-state index contributed by atoms with van der Waals surface area (Å²) in [5.41, 5.74) is 0.0919. The van der Waals surface area contributed by atoms with Gasteiger partial charge in [0.05, 0.1) is 0 Å². The van der Waals surface area contributed by atoms with Crippen molar-refractivity contribution in [1.29, 1.82) is 0 Å². The van der Waals surface area contributed by atoms with Crippen LogP contribution in [0.5, 0.6) is 0 Å². The molecule has 0 bridgehead atoms. The third-order valence-corrected chi connectivity index (χ3v) is 2.21. The molecule has 0 aliphatic rings. The van der Waals surface area contributed by atoms with E-state index in [1.165, 1.54) is 0 Å². The van der Waals surface area contributed by atoms with Gasteiger partial charge < -0.3 is 5.11 Å². The highest BCUT2D eigenvalue weighted by Gasteiger charge is 2.13. The second-order valence-corrected chi connectivity index (χ2v) is 3.63. The van der Waals surface area contributed by atoms with Crippen LogP contribution in [0.1, 0.15) is 19.4 Å². The van der Waals surface area contributed by atoms with Crippen LogP contribution in [-0.4, -0.2) is 10.7 Å². The zero-order valence-corrected chi connectivity index (χ0v) is 9.80. The molecule has 1 nitrogen and oxygen atoms in total. The van der Waals surface area contributed by atoms with Crippen LogP contribution in [0.4, 0.5) is 0 Å². The first-order chi connectivity index (χ1) is 7.70. The summed E-state index contributed by atoms with van der Waals surface area (Å²) in [6, 6.07) is 9.93. The standard InChI is InChI=1S/C15H18O/c1-3-11-15(16,12-4-2)13-10-14-8-6-5-7-9-14/h3-13,16H,1-2H3. The predicted molar refractivity (Wildman–Crippen MR) is 70.1 cm³/mol. The zero-order chi connectivity index (χ0) is 11.9. The molecule has 0 fully saturated rings. The van der Waals surface area contributed by atoms with Gasteiger partial charge in [-0.25, -0.2) is 0 Å². The molecule has 0 saturated carbocycles. The highest BCUT2D eigenvalue weighted by Crippen LogP contribution is 2.14. The summed E-state index contributed by atoms with van der Waals surface area (Å²) in [6.07, 6.45) is 10.9. The molecule has 1 rings (SSSR count). The fourth-order valence-electron chi connectivity index (χ4n) is 1.49. The normalized spacial score (nSPS) is 16.2. The van der Waals surface area contributed by atoms with Crippen molar-refractivity contribution in [2.45, 2.75) is 19.4 Å². The van der Waals surface area contributed by atoms with Gasteiger partial charge in [-0.2, -0.15) is 0 Å². The molecule has 0 aromatic heterocycles. The predicted octanol–water partition coefficient (Wildman–Crippen LogP) is 3.58. The summed E-state index contributed by atoms with van der Waals surface area (Å²) in [5, 5.41) is 10.2. The van der Waals surface area contributed by atoms with Gasteiger partial charge in [0.15, 0.2) is 0 Å². The second-order valence-electron chi connectivity index (χ2n) is 3.63. The first-order valence-electron chi connectivity index (χ1n) is 5.44. The average molecular weight is 214 g/mol. The van der Waals surface area contributed by atoms with Crippen LogP contribution in [0.2, 0.25) is 0 Å². The molecule has 84 valence electrons. The third kappa shape index (κ3) is 3.87. The van der Waals surface area contributed by atoms with E-state index in [-0.39, 0.29) is 0 Å². The molecular weight excluding hydrogens is 196 g/mol. The van der Waals surface area contributed by atoms with Gasteiger partial charge in [0.1, 0.15) is 5.60 Å². The monoisotopic (exact) mass is 214 g/mol. The zero-order valence-electron chi connectivity index (χ0n) is 9.80. The lowest BCUT2D eigenvalue weighted by atomic mass is 10.0. The SMILES string of the molecule is CC=CC(O)(C=CC)C=Cc1ccccc1. The fraction of sp³-hybridized carbons (Fsp3) is 0.200. The summed E-state index contributed by atoms with van der Waals surface area (Å²) < 4.78 is 0. The topological polar surface area (TPSA) is 20.2 Å². The fourth-order valence-corrected chi connectivity index (χ4v) is 1.49. The van der Waals surface area contributed by atoms with E-state index in [9.17, 15) is 5.11 Å². The van der Waals surface area contributed by atoms with Crippen molar-refractivity contribution in [2.75, 3.05) is 0 Å². The van der Waals surface area contributed by atoms with Crippen molar-refractivity contribution in [3.8, 4) is 0 Å². The van der Waals surface area contributed by atoms with Crippen molar-refractivity contribution in [2.24, 2.45) is 0 Å². The van der Waals surface area contributed by atoms with Crippen LogP contribution in [0.25, 0.3) is 6.08 Å². The lowest BCUT2D eigenvalue weighted by molar-refractivity contribution is 0.195. The Morgan fingerprint density at radius 1 is 0.938 bits per heavy atom. The van der Waals surface area contributed by atoms with E-state index >= 15 is 0 Å². The quantitative estimate of drug-likeness (QED) is 0.759. The first kappa shape index (κ1) is 12.5. The largest absolute Gasteiger partial charge is 0.378 e. The Labute approximate surface area is 97.4 Å². The van der Waals surface area contributed by atoms with Crippen LogP contribution in [-0.2, 0) is 0 Å². The highest BCUT2D eigenvalue weighted by atomic mass is 16.3. The summed E-state index contributed by atoms with van der Waals surface area (Å²) in [4.78, 5) is 0. The Hall–Kier alpha value is -1.60. The smallest absolute Gasteiger partial charge is 0.120 e. The maximum absolute atomic E-state index is 10.2. The Morgan fingerprint density at radius 2 is 1.50 bits per heavy atom. The summed E-state index contributed by atoms with van der Waals surface area (Å²) in [5.74, 6) is 0. The molecular formula is C15H18O. The van der Waals surface area contributed by atoms with Crippen LogP contribution in [0.15, 0.2) is 60.7 Å². The number of benzene rings is 1. The average Bonchev–Trinajstić information content (AvgIpc) is 2.29. The Kier molecular flexibility index (Phi) is 4.74. The van der Waals surface area contributed by atoms with Gasteiger partial charge in [0.25, 0.3) is 0 Å². The number of rotatable bonds is 4. The molecule has 1 N–H and O–H groups in total. The van der Waals surface area contributed by atoms with Gasteiger partial charge in [-0.1, -0.05) is 48.6 Å². The minimum atomic E-state index is -0.987. The van der Waals surface area contributed by atoms with E-state index in [0.717, 1.165) is 5.56 Å². The van der Waals surface area contributed by atoms with E-state index in [4.69, 9.17) is 0 Å². The molecule has 0 amide bonds. The van der Waals surface area contributed by atoms with Gasteiger partial charge >= 0.3 is 0 Å². The summed E-state index contributed by atoms with van der Waals surface area (Å²) in [7, 11) is 0. The van der Waals surface area contributed by atoms with Crippen molar-refractivity contribution < 1.29 is 5.11 Å². The molecule has 0 atom stereocenters. The highest BCUT2D eigenvalue weighted by molar-refractivity contribution is 5.52. The number of aliphatic hydroxyl groups is 1. The molecule has 0 aliphatic carbocycles. The molecule has 0 heterocycles. The molecule has 0 unspecified atom stereocenters. The first-order valence-corrected chi connectivity index (χ1v) is 5.44. The molecule has 0 spiro atoms. The van der Waals surface area contributed by atoms with Crippen LogP contribution >= 0.6 is 0 Å². The minimum Gasteiger partial charge on any atom is -0.378 e. The molecule has 1 aromatic carbocycles. The van der Waals surface area contributed by atoms with Gasteiger partial charge in [-0.05, 0) is 37.6 Å². The van der Waals surface area contributed by atoms with Crippen molar-refractivity contribution in [3.63, 3.8) is 0 Å². The van der Waals surface area contributed by atoms with Crippen LogP contribution in [0, 0.1) is 0 Å². The minimum absolute atomic E-state index is 0.987. The number of hydrogen-bond acceptors (Lipinski definition) is 1. The van der Waals surface area contributed by atoms with Crippen molar-refractivity contribution in [1.82, 2.24) is 0 Å². The summed E-state index contributed by atoms with van der Waals surface area (Å²) >= 11 is 0. The van der Waals surface area contributed by atoms with E-state index in [2.05, 4.69) is 0 Å². The lowest BCUT2D eigenvalue weighted by Crippen LogP contribution is -2.18. The number of allylic oxidation sites excluding steroid dienone is 2. The lowest BCUT2D eigenvalue weighted by Gasteiger charge is -2.15. The van der Waals surface area contributed by atoms with E-state index in [1.54, 1.807) is 18.2 Å². The molecule has 16 heavy (non-hydrogen) atoms. The van der Waals surface area contributed by atoms with Crippen molar-refractivity contribution >= 4 is 6.08 Å². The van der Waals surface area contributed by atoms with Gasteiger partial charge in [0, 0.05) is 0 Å².